The molecule has 4 heterocycles. The Labute approximate surface area is 182 Å². The highest BCUT2D eigenvalue weighted by atomic mass is 32.2. The summed E-state index contributed by atoms with van der Waals surface area (Å²) in [5.41, 5.74) is 0. The Morgan fingerprint density at radius 3 is 2.31 bits per heavy atom. The molecule has 3 aromatic heterocycles. The van der Waals surface area contributed by atoms with Crippen molar-refractivity contribution in [2.45, 2.75) is 18.7 Å². The molecule has 0 radical (unpaired) electrons. The van der Waals surface area contributed by atoms with Gasteiger partial charge < -0.3 is 9.80 Å². The molecule has 4 rings (SSSR count). The average molecular weight is 471 g/mol. The number of piperazine rings is 1. The Morgan fingerprint density at radius 2 is 1.76 bits per heavy atom. The molecular weight excluding hydrogens is 448 g/mol. The number of hydrogen-bond acceptors (Lipinski definition) is 8. The number of thiazole rings is 1. The van der Waals surface area contributed by atoms with Crippen LogP contribution in [0.5, 0.6) is 0 Å². The van der Waals surface area contributed by atoms with Gasteiger partial charge in [-0.3, -0.25) is 4.79 Å². The third-order valence-electron chi connectivity index (χ3n) is 4.81. The fourth-order valence-corrected chi connectivity index (χ4v) is 8.36. The molecule has 3 aromatic rings. The zero-order valence-electron chi connectivity index (χ0n) is 16.6. The molecule has 7 nitrogen and oxygen atoms in total. The minimum atomic E-state index is -3.51. The van der Waals surface area contributed by atoms with E-state index in [-0.39, 0.29) is 5.91 Å². The minimum Gasteiger partial charge on any atom is -0.354 e. The van der Waals surface area contributed by atoms with Crippen molar-refractivity contribution in [1.82, 2.24) is 14.2 Å². The third-order valence-corrected chi connectivity index (χ3v) is 10.2. The zero-order valence-corrected chi connectivity index (χ0v) is 19.9. The highest BCUT2D eigenvalue weighted by Gasteiger charge is 2.32. The molecule has 1 aliphatic rings. The number of thiophene rings is 2. The molecule has 29 heavy (non-hydrogen) atoms. The second-order valence-corrected chi connectivity index (χ2v) is 12.6. The number of sulfonamides is 1. The van der Waals surface area contributed by atoms with E-state index >= 15 is 0 Å². The summed E-state index contributed by atoms with van der Waals surface area (Å²) in [6.45, 7) is 5.15. The summed E-state index contributed by atoms with van der Waals surface area (Å²) < 4.78 is 28.4. The summed E-state index contributed by atoms with van der Waals surface area (Å²) in [5.74, 6) is -0.0498. The van der Waals surface area contributed by atoms with Crippen molar-refractivity contribution in [1.29, 1.82) is 0 Å². The predicted octanol–water partition coefficient (Wildman–Crippen LogP) is 3.25. The molecule has 0 bridgehead atoms. The van der Waals surface area contributed by atoms with Gasteiger partial charge >= 0.3 is 0 Å². The molecule has 1 amide bonds. The van der Waals surface area contributed by atoms with Crippen LogP contribution in [0.4, 0.5) is 5.13 Å². The van der Waals surface area contributed by atoms with Gasteiger partial charge in [-0.05, 0) is 26.0 Å². The lowest BCUT2D eigenvalue weighted by Gasteiger charge is -2.33. The lowest BCUT2D eigenvalue weighted by Crippen LogP contribution is -2.50. The Morgan fingerprint density at radius 1 is 1.07 bits per heavy atom. The number of hydrogen-bond donors (Lipinski definition) is 0. The predicted molar refractivity (Wildman–Crippen MR) is 120 cm³/mol. The van der Waals surface area contributed by atoms with Gasteiger partial charge in [-0.25, -0.2) is 13.4 Å². The number of carbonyl (C=O) groups is 1. The third kappa shape index (κ3) is 3.81. The number of fused-ring (bicyclic) bond motifs is 1. The maximum atomic E-state index is 13.0. The van der Waals surface area contributed by atoms with Gasteiger partial charge in [-0.2, -0.15) is 4.31 Å². The number of amides is 1. The number of nitrogens with zero attached hydrogens (tertiary/aromatic N) is 4. The lowest BCUT2D eigenvalue weighted by atomic mass is 10.3. The molecule has 0 atom stereocenters. The Hall–Kier alpha value is -1.53. The van der Waals surface area contributed by atoms with E-state index in [0.717, 1.165) is 24.4 Å². The van der Waals surface area contributed by atoms with Gasteiger partial charge in [0, 0.05) is 50.0 Å². The molecule has 156 valence electrons. The van der Waals surface area contributed by atoms with E-state index in [1.54, 1.807) is 22.3 Å². The molecule has 11 heteroatoms. The fourth-order valence-electron chi connectivity index (χ4n) is 3.31. The van der Waals surface area contributed by atoms with E-state index in [9.17, 15) is 13.2 Å². The van der Waals surface area contributed by atoms with Crippen molar-refractivity contribution < 1.29 is 13.2 Å². The van der Waals surface area contributed by atoms with Crippen molar-refractivity contribution in [3.8, 4) is 0 Å². The van der Waals surface area contributed by atoms with Gasteiger partial charge in [0.15, 0.2) is 5.13 Å². The van der Waals surface area contributed by atoms with Gasteiger partial charge in [-0.1, -0.05) is 11.3 Å². The van der Waals surface area contributed by atoms with Crippen molar-refractivity contribution >= 4 is 64.6 Å². The largest absolute Gasteiger partial charge is 0.354 e. The van der Waals surface area contributed by atoms with Crippen LogP contribution >= 0.6 is 34.0 Å². The first kappa shape index (κ1) is 20.7. The normalized spacial score (nSPS) is 15.9. The molecule has 0 N–H and O–H groups in total. The summed E-state index contributed by atoms with van der Waals surface area (Å²) in [6.07, 6.45) is 0. The molecule has 0 aliphatic carbocycles. The molecular formula is C18H22N4O3S4. The second-order valence-electron chi connectivity index (χ2n) is 7.14. The van der Waals surface area contributed by atoms with Gasteiger partial charge in [0.25, 0.3) is 5.91 Å². The highest BCUT2D eigenvalue weighted by molar-refractivity contribution is 7.89. The molecule has 0 saturated carbocycles. The SMILES string of the molecule is Cc1cc(S(=O)(=O)N2CCN(C(=O)c3cc4sc(N(C)C)nc4s3)CC2)c(C)s1. The molecule has 1 saturated heterocycles. The fraction of sp³-hybridized carbons (Fsp3) is 0.444. The average Bonchev–Trinajstić information content (AvgIpc) is 3.34. The van der Waals surface area contributed by atoms with E-state index in [0.29, 0.717) is 36.0 Å². The quantitative estimate of drug-likeness (QED) is 0.585. The second kappa shape index (κ2) is 7.62. The number of rotatable bonds is 4. The van der Waals surface area contributed by atoms with Gasteiger partial charge in [-0.15, -0.1) is 22.7 Å². The standard InChI is InChI=1S/C18H22N4O3S4/c1-11-9-15(12(2)26-11)29(24,25)22-7-5-21(6-8-22)17(23)14-10-13-16(27-14)19-18(28-13)20(3)4/h9-10H,5-8H2,1-4H3. The Bertz CT molecular complexity index is 1140. The van der Waals surface area contributed by atoms with Gasteiger partial charge in [0.2, 0.25) is 10.0 Å². The summed E-state index contributed by atoms with van der Waals surface area (Å²) in [7, 11) is 0.376. The number of aryl methyl sites for hydroxylation is 2. The van der Waals surface area contributed by atoms with E-state index in [1.165, 1.54) is 27.0 Å². The zero-order chi connectivity index (χ0) is 20.9. The highest BCUT2D eigenvalue weighted by Crippen LogP contribution is 2.34. The van der Waals surface area contributed by atoms with Crippen molar-refractivity contribution in [2.24, 2.45) is 0 Å². The molecule has 1 fully saturated rings. The summed E-state index contributed by atoms with van der Waals surface area (Å²) in [6, 6.07) is 3.63. The maximum absolute atomic E-state index is 13.0. The van der Waals surface area contributed by atoms with Crippen LogP contribution in [0.1, 0.15) is 19.4 Å². The van der Waals surface area contributed by atoms with E-state index in [1.807, 2.05) is 38.9 Å². The van der Waals surface area contributed by atoms with Gasteiger partial charge in [0.05, 0.1) is 14.5 Å². The first-order valence-corrected chi connectivity index (χ1v) is 13.0. The van der Waals surface area contributed by atoms with Crippen LogP contribution in [0.25, 0.3) is 9.53 Å². The topological polar surface area (TPSA) is 73.8 Å². The van der Waals surface area contributed by atoms with E-state index < -0.39 is 10.0 Å². The van der Waals surface area contributed by atoms with Crippen LogP contribution in [-0.4, -0.2) is 68.8 Å². The van der Waals surface area contributed by atoms with Crippen LogP contribution in [0, 0.1) is 13.8 Å². The van der Waals surface area contributed by atoms with Crippen LogP contribution in [-0.2, 0) is 10.0 Å². The van der Waals surface area contributed by atoms with Crippen molar-refractivity contribution in [3.63, 3.8) is 0 Å². The molecule has 0 aromatic carbocycles. The number of anilines is 1. The van der Waals surface area contributed by atoms with Crippen LogP contribution in [0.15, 0.2) is 17.0 Å². The van der Waals surface area contributed by atoms with Crippen molar-refractivity contribution in [2.75, 3.05) is 45.2 Å². The lowest BCUT2D eigenvalue weighted by molar-refractivity contribution is 0.0703. The molecule has 1 aliphatic heterocycles. The maximum Gasteiger partial charge on any atom is 0.264 e. The van der Waals surface area contributed by atoms with Crippen LogP contribution < -0.4 is 4.90 Å². The minimum absolute atomic E-state index is 0.0498. The summed E-state index contributed by atoms with van der Waals surface area (Å²) in [4.78, 5) is 24.9. The summed E-state index contributed by atoms with van der Waals surface area (Å²) in [5, 5.41) is 0.919. The Balaban J connectivity index is 1.46. The monoisotopic (exact) mass is 470 g/mol. The van der Waals surface area contributed by atoms with E-state index in [2.05, 4.69) is 4.98 Å². The number of carbonyl (C=O) groups excluding carboxylic acids is 1. The first-order valence-electron chi connectivity index (χ1n) is 9.11. The molecule has 0 spiro atoms. The van der Waals surface area contributed by atoms with Crippen molar-refractivity contribution in [3.05, 3.63) is 26.8 Å². The van der Waals surface area contributed by atoms with Crippen LogP contribution in [0.3, 0.4) is 0 Å². The van der Waals surface area contributed by atoms with E-state index in [4.69, 9.17) is 0 Å². The summed E-state index contributed by atoms with van der Waals surface area (Å²) >= 11 is 4.45. The van der Waals surface area contributed by atoms with Crippen LogP contribution in [0.2, 0.25) is 0 Å². The molecule has 0 unspecified atom stereocenters. The van der Waals surface area contributed by atoms with Gasteiger partial charge in [0.1, 0.15) is 4.83 Å². The Kier molecular flexibility index (Phi) is 5.45. The smallest absolute Gasteiger partial charge is 0.264 e. The number of aromatic nitrogens is 1. The first-order chi connectivity index (χ1) is 13.7.